The maximum Gasteiger partial charge on any atom is 3.00 e. The Kier molecular flexibility index (Phi) is 41.2. The fraction of sp³-hybridized carbons (Fsp3) is 0. The zero-order valence-corrected chi connectivity index (χ0v) is 12.0. The Labute approximate surface area is 163 Å². The topological polar surface area (TPSA) is 241 Å². The van der Waals surface area contributed by atoms with Crippen molar-refractivity contribution in [3.05, 3.63) is 0 Å². The van der Waals surface area contributed by atoms with Gasteiger partial charge >= 0.3 is 80.8 Å². The van der Waals surface area contributed by atoms with E-state index in [1.807, 2.05) is 0 Å². The van der Waals surface area contributed by atoms with Crippen molar-refractivity contribution in [2.45, 2.75) is 0 Å². The van der Waals surface area contributed by atoms with Crippen LogP contribution in [0.3, 0.4) is 0 Å². The van der Waals surface area contributed by atoms with E-state index in [2.05, 4.69) is 0 Å². The molecule has 0 radical (unpaired) electrons. The van der Waals surface area contributed by atoms with Gasteiger partial charge in [0.25, 0.3) is 0 Å². The fourth-order valence-electron chi connectivity index (χ4n) is 0. The largest absolute Gasteiger partial charge is 3.00 e. The smallest absolute Gasteiger partial charge is 0.759 e. The maximum atomic E-state index is 8.52. The van der Waals surface area contributed by atoms with Gasteiger partial charge in [-0.2, -0.15) is 0 Å². The molecule has 0 fully saturated rings. The molecule has 0 unspecified atom stereocenters. The molecule has 0 aromatic carbocycles. The van der Waals surface area contributed by atoms with Crippen LogP contribution in [0.2, 0.25) is 0 Å². The minimum absolute atomic E-state index is 0. The molecule has 0 saturated carbocycles. The van der Waals surface area contributed by atoms with Crippen molar-refractivity contribution in [3.63, 3.8) is 0 Å². The summed E-state index contributed by atoms with van der Waals surface area (Å²) in [6.45, 7) is 0. The molecular formula is H4Al2Mg2O12S3. The van der Waals surface area contributed by atoms with Gasteiger partial charge < -0.3 is 27.3 Å². The summed E-state index contributed by atoms with van der Waals surface area (Å²) < 4.78 is 102. The van der Waals surface area contributed by atoms with Gasteiger partial charge in [-0.05, 0) is 0 Å². The number of hydrogen-bond acceptors (Lipinski definition) is 12. The Morgan fingerprint density at radius 1 is 0.421 bits per heavy atom. The third-order valence-corrected chi connectivity index (χ3v) is 0. The summed E-state index contributed by atoms with van der Waals surface area (Å²) >= 11 is 0. The predicted molar refractivity (Wildman–Crippen MR) is 60.0 cm³/mol. The van der Waals surface area contributed by atoms with Crippen molar-refractivity contribution < 1.29 is 52.6 Å². The van der Waals surface area contributed by atoms with Crippen molar-refractivity contribution in [1.82, 2.24) is 0 Å². The van der Waals surface area contributed by atoms with Gasteiger partial charge in [-0.25, -0.2) is 0 Å². The molecule has 19 heavy (non-hydrogen) atoms. The molecule has 0 rings (SSSR count). The summed E-state index contributed by atoms with van der Waals surface area (Å²) in [6, 6.07) is 0. The summed E-state index contributed by atoms with van der Waals surface area (Å²) in [6.07, 6.45) is 0. The van der Waals surface area contributed by atoms with Crippen LogP contribution in [0.15, 0.2) is 0 Å². The SMILES string of the molecule is O=S(=O)([O-])[O-].O=S(=O)([O-])[O-].O=S(=O)([O-])[O-].[Al+3].[Al+3].[MgH2].[MgH2]. The standard InChI is InChI=1S/2Al.2Mg.3H2O4S.4H/c;;;;3*1-5(2,3)4;;;;/h;;;;3*(H2,1,2,3,4);;;;/q2*+3;;;;;;;;;/p-6. The molecule has 0 atom stereocenters. The Bertz CT molecular complexity index is 350. The van der Waals surface area contributed by atoms with Crippen molar-refractivity contribution >= 4 is 112 Å². The monoisotopic (exact) mass is 394 g/mol. The van der Waals surface area contributed by atoms with Gasteiger partial charge in [-0.15, -0.1) is 0 Å². The van der Waals surface area contributed by atoms with E-state index in [1.54, 1.807) is 0 Å². The first kappa shape index (κ1) is 42.9. The molecule has 12 nitrogen and oxygen atoms in total. The van der Waals surface area contributed by atoms with Crippen molar-refractivity contribution in [3.8, 4) is 0 Å². The molecule has 0 aliphatic carbocycles. The third kappa shape index (κ3) is 1370. The average molecular weight is 395 g/mol. The van der Waals surface area contributed by atoms with E-state index in [9.17, 15) is 0 Å². The van der Waals surface area contributed by atoms with Gasteiger partial charge in [-0.3, -0.25) is 25.3 Å². The molecule has 0 aliphatic heterocycles. The van der Waals surface area contributed by atoms with Crippen molar-refractivity contribution in [1.29, 1.82) is 0 Å². The van der Waals surface area contributed by atoms with Crippen LogP contribution in [0.25, 0.3) is 0 Å². The second-order valence-electron chi connectivity index (χ2n) is 1.22. The Hall–Kier alpha value is 2.21. The van der Waals surface area contributed by atoms with Gasteiger partial charge in [0, 0.05) is 31.2 Å². The van der Waals surface area contributed by atoms with Crippen LogP contribution < -0.4 is 0 Å². The normalized spacial score (nSPS) is 9.16. The molecular weight excluding hydrogens is 391 g/mol. The van der Waals surface area contributed by atoms with Crippen LogP contribution in [0.1, 0.15) is 0 Å². The van der Waals surface area contributed by atoms with E-state index in [0.29, 0.717) is 0 Å². The van der Waals surface area contributed by atoms with Crippen LogP contribution in [-0.4, -0.2) is 133 Å². The van der Waals surface area contributed by atoms with E-state index in [-0.39, 0.29) is 80.8 Å². The third-order valence-electron chi connectivity index (χ3n) is 0. The van der Waals surface area contributed by atoms with Crippen LogP contribution in [0.5, 0.6) is 0 Å². The van der Waals surface area contributed by atoms with Gasteiger partial charge in [0.1, 0.15) is 0 Å². The van der Waals surface area contributed by atoms with Crippen LogP contribution in [0, 0.1) is 0 Å². The van der Waals surface area contributed by atoms with E-state index < -0.39 is 31.2 Å². The summed E-state index contributed by atoms with van der Waals surface area (Å²) in [5.41, 5.74) is 0. The Morgan fingerprint density at radius 3 is 0.421 bits per heavy atom. The maximum absolute atomic E-state index is 8.52. The van der Waals surface area contributed by atoms with Crippen molar-refractivity contribution in [2.75, 3.05) is 0 Å². The molecule has 0 bridgehead atoms. The zero-order chi connectivity index (χ0) is 13.5. The summed E-state index contributed by atoms with van der Waals surface area (Å²) in [7, 11) is -15.5. The van der Waals surface area contributed by atoms with E-state index >= 15 is 0 Å². The number of hydrogen-bond donors (Lipinski definition) is 0. The second-order valence-corrected chi connectivity index (χ2v) is 3.67. The minimum Gasteiger partial charge on any atom is -0.759 e. The molecule has 19 heteroatoms. The molecule has 0 aromatic heterocycles. The van der Waals surface area contributed by atoms with E-state index in [1.165, 1.54) is 0 Å². The van der Waals surface area contributed by atoms with E-state index in [4.69, 9.17) is 52.6 Å². The first-order chi connectivity index (χ1) is 6.00. The first-order valence-electron chi connectivity index (χ1n) is 2.00. The molecule has 104 valence electrons. The summed E-state index contributed by atoms with van der Waals surface area (Å²) in [5, 5.41) is 0. The molecule has 0 aromatic rings. The quantitative estimate of drug-likeness (QED) is 0.211. The van der Waals surface area contributed by atoms with Crippen LogP contribution >= 0.6 is 0 Å². The van der Waals surface area contributed by atoms with Crippen LogP contribution in [0.4, 0.5) is 0 Å². The summed E-state index contributed by atoms with van der Waals surface area (Å²) in [5.74, 6) is 0. The molecule has 0 N–H and O–H groups in total. The average Bonchev–Trinajstić information content (AvgIpc) is 1.41. The van der Waals surface area contributed by atoms with E-state index in [0.717, 1.165) is 0 Å². The summed E-state index contributed by atoms with van der Waals surface area (Å²) in [4.78, 5) is 0. The predicted octanol–water partition coefficient (Wildman–Crippen LogP) is -6.61. The molecule has 0 amide bonds. The van der Waals surface area contributed by atoms with Gasteiger partial charge in [0.2, 0.25) is 0 Å². The van der Waals surface area contributed by atoms with Gasteiger partial charge in [0.15, 0.2) is 0 Å². The second kappa shape index (κ2) is 18.3. The molecule has 0 aliphatic rings. The van der Waals surface area contributed by atoms with Crippen molar-refractivity contribution in [2.24, 2.45) is 0 Å². The molecule has 0 spiro atoms. The van der Waals surface area contributed by atoms with Gasteiger partial charge in [0.05, 0.1) is 0 Å². The minimum atomic E-state index is -5.17. The Balaban J connectivity index is -0.0000000206. The Morgan fingerprint density at radius 2 is 0.421 bits per heavy atom. The number of rotatable bonds is 0. The first-order valence-corrected chi connectivity index (χ1v) is 6.00. The van der Waals surface area contributed by atoms with Gasteiger partial charge in [-0.1, -0.05) is 0 Å². The van der Waals surface area contributed by atoms with Crippen LogP contribution in [-0.2, 0) is 31.2 Å². The molecule has 0 saturated heterocycles. The fourth-order valence-corrected chi connectivity index (χ4v) is 0. The molecule has 0 heterocycles. The zero-order valence-electron chi connectivity index (χ0n) is 7.28.